The Morgan fingerprint density at radius 3 is 2.76 bits per heavy atom. The third-order valence-corrected chi connectivity index (χ3v) is 4.61. The van der Waals surface area contributed by atoms with Crippen molar-refractivity contribution in [1.82, 2.24) is 9.36 Å². The zero-order chi connectivity index (χ0) is 15.1. The lowest BCUT2D eigenvalue weighted by Crippen LogP contribution is -2.00. The van der Waals surface area contributed by atoms with Crippen molar-refractivity contribution in [2.45, 2.75) is 24.1 Å². The molecule has 0 radical (unpaired) electrons. The van der Waals surface area contributed by atoms with Gasteiger partial charge in [0.15, 0.2) is 4.34 Å². The van der Waals surface area contributed by atoms with E-state index in [0.717, 1.165) is 28.8 Å². The van der Waals surface area contributed by atoms with E-state index in [2.05, 4.69) is 9.36 Å². The van der Waals surface area contributed by atoms with E-state index in [-0.39, 0.29) is 5.56 Å². The van der Waals surface area contributed by atoms with Gasteiger partial charge in [-0.25, -0.2) is 9.78 Å². The molecule has 7 heteroatoms. The van der Waals surface area contributed by atoms with Crippen LogP contribution in [0, 0.1) is 0 Å². The van der Waals surface area contributed by atoms with Crippen molar-refractivity contribution in [3.63, 3.8) is 0 Å². The molecule has 2 rings (SSSR count). The molecular formula is C14H16N2O3S2. The number of aromatic carboxylic acids is 1. The number of aromatic nitrogens is 2. The lowest BCUT2D eigenvalue weighted by molar-refractivity contribution is 0.0697. The Morgan fingerprint density at radius 1 is 1.38 bits per heavy atom. The highest BCUT2D eigenvalue weighted by Gasteiger charge is 2.04. The van der Waals surface area contributed by atoms with Crippen molar-refractivity contribution in [3.8, 4) is 5.75 Å². The molecule has 0 unspecified atom stereocenters. The molecule has 0 fully saturated rings. The Bertz CT molecular complexity index is 584. The second kappa shape index (κ2) is 7.99. The molecule has 112 valence electrons. The van der Waals surface area contributed by atoms with Crippen molar-refractivity contribution < 1.29 is 14.6 Å². The Labute approximate surface area is 131 Å². The number of hydrogen-bond donors (Lipinski definition) is 1. The minimum absolute atomic E-state index is 0.265. The molecule has 0 saturated heterocycles. The standard InChI is InChI=1S/C14H16N2O3S2/c1-2-12-15-14(21-16-12)20-9-3-8-19-11-6-4-10(5-7-11)13(17)18/h4-7H,2-3,8-9H2,1H3,(H,17,18). The molecule has 0 amide bonds. The summed E-state index contributed by atoms with van der Waals surface area (Å²) in [6.07, 6.45) is 1.76. The van der Waals surface area contributed by atoms with E-state index in [1.165, 1.54) is 11.5 Å². The topological polar surface area (TPSA) is 72.3 Å². The third-order valence-electron chi connectivity index (χ3n) is 2.65. The lowest BCUT2D eigenvalue weighted by Gasteiger charge is -2.05. The fourth-order valence-corrected chi connectivity index (χ4v) is 3.22. The van der Waals surface area contributed by atoms with Gasteiger partial charge in [0.25, 0.3) is 0 Å². The Hall–Kier alpha value is -1.60. The number of aryl methyl sites for hydroxylation is 1. The molecule has 0 spiro atoms. The number of carboxylic acid groups (broad SMARTS) is 1. The maximum Gasteiger partial charge on any atom is 0.335 e. The molecular weight excluding hydrogens is 308 g/mol. The summed E-state index contributed by atoms with van der Waals surface area (Å²) in [5.41, 5.74) is 0.265. The summed E-state index contributed by atoms with van der Waals surface area (Å²) in [7, 11) is 0. The Morgan fingerprint density at radius 2 is 2.14 bits per heavy atom. The van der Waals surface area contributed by atoms with Gasteiger partial charge in [0.05, 0.1) is 12.2 Å². The molecule has 1 heterocycles. The molecule has 1 aromatic heterocycles. The van der Waals surface area contributed by atoms with E-state index in [0.29, 0.717) is 12.4 Å². The van der Waals surface area contributed by atoms with E-state index in [1.807, 2.05) is 6.92 Å². The van der Waals surface area contributed by atoms with E-state index in [9.17, 15) is 4.79 Å². The van der Waals surface area contributed by atoms with Gasteiger partial charge in [-0.15, -0.1) is 0 Å². The van der Waals surface area contributed by atoms with Crippen LogP contribution >= 0.6 is 23.3 Å². The van der Waals surface area contributed by atoms with Gasteiger partial charge in [-0.2, -0.15) is 4.37 Å². The normalized spacial score (nSPS) is 10.5. The van der Waals surface area contributed by atoms with Crippen LogP contribution in [0.4, 0.5) is 0 Å². The van der Waals surface area contributed by atoms with Crippen LogP contribution in [0.25, 0.3) is 0 Å². The molecule has 0 saturated carbocycles. The number of carboxylic acids is 1. The monoisotopic (exact) mass is 324 g/mol. The zero-order valence-corrected chi connectivity index (χ0v) is 13.2. The molecule has 0 aliphatic heterocycles. The van der Waals surface area contributed by atoms with Crippen molar-refractivity contribution >= 4 is 29.3 Å². The first-order valence-corrected chi connectivity index (χ1v) is 8.36. The van der Waals surface area contributed by atoms with E-state index >= 15 is 0 Å². The molecule has 0 atom stereocenters. The Kier molecular flexibility index (Phi) is 6.01. The largest absolute Gasteiger partial charge is 0.494 e. The van der Waals surface area contributed by atoms with Gasteiger partial charge >= 0.3 is 5.97 Å². The molecule has 0 aliphatic rings. The minimum Gasteiger partial charge on any atom is -0.494 e. The van der Waals surface area contributed by atoms with Crippen LogP contribution in [0.3, 0.4) is 0 Å². The van der Waals surface area contributed by atoms with E-state index in [4.69, 9.17) is 9.84 Å². The van der Waals surface area contributed by atoms with Crippen molar-refractivity contribution in [2.24, 2.45) is 0 Å². The summed E-state index contributed by atoms with van der Waals surface area (Å²) in [6.45, 7) is 2.64. The molecule has 2 aromatic rings. The molecule has 0 bridgehead atoms. The van der Waals surface area contributed by atoms with Crippen LogP contribution in [0.1, 0.15) is 29.5 Å². The predicted molar refractivity (Wildman–Crippen MR) is 83.5 cm³/mol. The summed E-state index contributed by atoms with van der Waals surface area (Å²) in [5, 5.41) is 8.80. The highest BCUT2D eigenvalue weighted by molar-refractivity contribution is 8.00. The predicted octanol–water partition coefficient (Wildman–Crippen LogP) is 3.36. The zero-order valence-electron chi connectivity index (χ0n) is 11.6. The molecule has 1 aromatic carbocycles. The lowest BCUT2D eigenvalue weighted by atomic mass is 10.2. The number of nitrogens with zero attached hydrogens (tertiary/aromatic N) is 2. The third kappa shape index (κ3) is 5.02. The highest BCUT2D eigenvalue weighted by atomic mass is 32.2. The molecule has 5 nitrogen and oxygen atoms in total. The second-order valence-corrected chi connectivity index (χ2v) is 6.30. The molecule has 0 aliphatic carbocycles. The second-order valence-electron chi connectivity index (χ2n) is 4.21. The smallest absolute Gasteiger partial charge is 0.335 e. The van der Waals surface area contributed by atoms with E-state index < -0.39 is 5.97 Å². The van der Waals surface area contributed by atoms with Crippen LogP contribution in [0.2, 0.25) is 0 Å². The van der Waals surface area contributed by atoms with Gasteiger partial charge < -0.3 is 9.84 Å². The van der Waals surface area contributed by atoms with Crippen LogP contribution in [0.5, 0.6) is 5.75 Å². The van der Waals surface area contributed by atoms with Crippen molar-refractivity contribution in [1.29, 1.82) is 0 Å². The van der Waals surface area contributed by atoms with Gasteiger partial charge in [-0.05, 0) is 42.2 Å². The van der Waals surface area contributed by atoms with Gasteiger partial charge in [0.1, 0.15) is 11.6 Å². The number of benzene rings is 1. The highest BCUT2D eigenvalue weighted by Crippen LogP contribution is 2.21. The summed E-state index contributed by atoms with van der Waals surface area (Å²) < 4.78 is 10.8. The van der Waals surface area contributed by atoms with Gasteiger partial charge in [-0.3, -0.25) is 0 Å². The average molecular weight is 324 g/mol. The van der Waals surface area contributed by atoms with E-state index in [1.54, 1.807) is 36.0 Å². The number of carbonyl (C=O) groups is 1. The SMILES string of the molecule is CCc1nsc(SCCCOc2ccc(C(=O)O)cc2)n1. The Balaban J connectivity index is 1.66. The molecule has 1 N–H and O–H groups in total. The number of ether oxygens (including phenoxy) is 1. The van der Waals surface area contributed by atoms with Crippen molar-refractivity contribution in [3.05, 3.63) is 35.7 Å². The fourth-order valence-electron chi connectivity index (χ4n) is 1.54. The summed E-state index contributed by atoms with van der Waals surface area (Å²) in [5.74, 6) is 1.58. The number of thioether (sulfide) groups is 1. The van der Waals surface area contributed by atoms with Gasteiger partial charge in [0.2, 0.25) is 0 Å². The average Bonchev–Trinajstić information content (AvgIpc) is 2.95. The maximum atomic E-state index is 10.7. The first-order valence-electron chi connectivity index (χ1n) is 6.60. The minimum atomic E-state index is -0.929. The van der Waals surface area contributed by atoms with Gasteiger partial charge in [-0.1, -0.05) is 18.7 Å². The quantitative estimate of drug-likeness (QED) is 0.593. The van der Waals surface area contributed by atoms with Crippen LogP contribution < -0.4 is 4.74 Å². The first-order chi connectivity index (χ1) is 10.2. The number of rotatable bonds is 8. The van der Waals surface area contributed by atoms with Crippen LogP contribution in [-0.2, 0) is 6.42 Å². The fraction of sp³-hybridized carbons (Fsp3) is 0.357. The summed E-state index contributed by atoms with van der Waals surface area (Å²) in [4.78, 5) is 15.1. The van der Waals surface area contributed by atoms with Crippen molar-refractivity contribution in [2.75, 3.05) is 12.4 Å². The van der Waals surface area contributed by atoms with Gasteiger partial charge in [0, 0.05) is 12.2 Å². The first kappa shape index (κ1) is 15.8. The maximum absolute atomic E-state index is 10.7. The van der Waals surface area contributed by atoms with Crippen LogP contribution in [-0.4, -0.2) is 32.8 Å². The summed E-state index contributed by atoms with van der Waals surface area (Å²) in [6, 6.07) is 6.43. The number of hydrogen-bond acceptors (Lipinski definition) is 6. The molecule has 21 heavy (non-hydrogen) atoms. The summed E-state index contributed by atoms with van der Waals surface area (Å²) >= 11 is 3.12. The van der Waals surface area contributed by atoms with Crippen LogP contribution in [0.15, 0.2) is 28.6 Å².